The van der Waals surface area contributed by atoms with Crippen LogP contribution >= 0.6 is 27.0 Å². The predicted octanol–water partition coefficient (Wildman–Crippen LogP) is 3.46. The molecule has 5 heteroatoms. The zero-order valence-corrected chi connectivity index (χ0v) is 10.7. The second-order valence-electron chi connectivity index (χ2n) is 1.62. The normalized spacial score (nSPS) is 14.8. The van der Waals surface area contributed by atoms with Crippen molar-refractivity contribution >= 4 is 27.0 Å². The molecule has 10 heavy (non-hydrogen) atoms. The van der Waals surface area contributed by atoms with Gasteiger partial charge in [0.15, 0.2) is 0 Å². The Hall–Kier alpha value is 2.19. The molecule has 1 saturated carbocycles. The first-order valence-corrected chi connectivity index (χ1v) is 9.08. The van der Waals surface area contributed by atoms with Crippen molar-refractivity contribution in [2.45, 2.75) is 25.7 Å². The fraction of sp³-hybridized carbons (Fsp3) is 0.800. The number of hydrogen-bond donors (Lipinski definition) is 0. The van der Waals surface area contributed by atoms with E-state index in [1.807, 2.05) is 0 Å². The average Bonchev–Trinajstić information content (AvgIpc) is 2.48. The van der Waals surface area contributed by atoms with Crippen LogP contribution in [-0.2, 0) is 31.5 Å². The molecule has 1 atom stereocenters. The molecule has 1 fully saturated rings. The first-order valence-electron chi connectivity index (χ1n) is 2.76. The number of hydrogen-bond acceptors (Lipinski definition) is 0. The molecule has 0 aromatic rings. The van der Waals surface area contributed by atoms with Gasteiger partial charge >= 0.3 is 58.5 Å². The van der Waals surface area contributed by atoms with Crippen molar-refractivity contribution in [3.8, 4) is 0 Å². The third-order valence-electron chi connectivity index (χ3n) is 1.07. The fourth-order valence-electron chi connectivity index (χ4n) is 0.722. The Labute approximate surface area is 89.9 Å². The average molecular weight is 335 g/mol. The third kappa shape index (κ3) is 16.6. The molecule has 1 aliphatic carbocycles. The van der Waals surface area contributed by atoms with E-state index in [1.165, 1.54) is 25.7 Å². The zero-order valence-electron chi connectivity index (χ0n) is 5.41. The summed E-state index contributed by atoms with van der Waals surface area (Å²) in [6.07, 6.45) is 8.00. The Balaban J connectivity index is 0. The molecule has 0 bridgehead atoms. The van der Waals surface area contributed by atoms with E-state index in [2.05, 4.69) is 29.9 Å². The molecule has 0 aliphatic heterocycles. The van der Waals surface area contributed by atoms with E-state index in [0.29, 0.717) is 0 Å². The van der Waals surface area contributed by atoms with E-state index < -0.39 is 0 Å². The summed E-state index contributed by atoms with van der Waals surface area (Å²) in [4.78, 5) is 0. The molecule has 0 saturated heterocycles. The summed E-state index contributed by atoms with van der Waals surface area (Å²) >= 11 is 3.06. The van der Waals surface area contributed by atoms with Gasteiger partial charge in [-0.15, -0.1) is 0 Å². The van der Waals surface area contributed by atoms with Gasteiger partial charge in [-0.1, -0.05) is 25.7 Å². The molecule has 0 spiro atoms. The minimum absolute atomic E-state index is 0.106. The van der Waals surface area contributed by atoms with Crippen molar-refractivity contribution in [3.63, 3.8) is 0 Å². The maximum absolute atomic E-state index is 4.81. The Kier molecular flexibility index (Phi) is 25.5. The molecule has 0 aromatic heterocycles. The van der Waals surface area contributed by atoms with Gasteiger partial charge in [0.2, 0.25) is 0 Å². The van der Waals surface area contributed by atoms with E-state index in [4.69, 9.17) is 19.1 Å². The van der Waals surface area contributed by atoms with E-state index >= 15 is 0 Å². The summed E-state index contributed by atoms with van der Waals surface area (Å²) in [6.45, 7) is 0. The topological polar surface area (TPSA) is 0 Å². The molecule has 0 nitrogen and oxygen atoms in total. The number of rotatable bonds is 0. The van der Waals surface area contributed by atoms with Crippen LogP contribution in [0.5, 0.6) is 0 Å². The standard InChI is InChI=1S/C5H9.2ClH.Fe.H2P.Pd/c1-2-4-5-3-1;;;;;/h1H,2-5H2;2*1H;;1H2;/q;;;+1;-1;+2/p-2. The van der Waals surface area contributed by atoms with E-state index in [-0.39, 0.29) is 15.9 Å². The van der Waals surface area contributed by atoms with Crippen LogP contribution in [0.1, 0.15) is 25.7 Å². The van der Waals surface area contributed by atoms with Gasteiger partial charge in [-0.3, -0.25) is 0 Å². The van der Waals surface area contributed by atoms with Crippen LogP contribution in [0.4, 0.5) is 0 Å². The van der Waals surface area contributed by atoms with E-state index in [1.54, 1.807) is 0 Å². The van der Waals surface area contributed by atoms with Gasteiger partial charge in [0.1, 0.15) is 0 Å². The van der Waals surface area contributed by atoms with Gasteiger partial charge in [-0.05, 0) is 6.42 Å². The van der Waals surface area contributed by atoms with E-state index in [9.17, 15) is 0 Å². The first kappa shape index (κ1) is 14.7. The van der Waals surface area contributed by atoms with Crippen LogP contribution in [0.2, 0.25) is 0 Å². The molecule has 0 N–H and O–H groups in total. The van der Waals surface area contributed by atoms with Crippen LogP contribution in [0, 0.1) is 6.42 Å². The van der Waals surface area contributed by atoms with Crippen molar-refractivity contribution in [1.29, 1.82) is 0 Å². The van der Waals surface area contributed by atoms with Gasteiger partial charge in [0.25, 0.3) is 0 Å². The van der Waals surface area contributed by atoms with Crippen LogP contribution in [0.3, 0.4) is 0 Å². The van der Waals surface area contributed by atoms with Gasteiger partial charge < -0.3 is 0 Å². The van der Waals surface area contributed by atoms with Crippen molar-refractivity contribution in [3.05, 3.63) is 6.42 Å². The molecule has 1 aliphatic rings. The second kappa shape index (κ2) is 17.3. The fourth-order valence-corrected chi connectivity index (χ4v) is 0.722. The van der Waals surface area contributed by atoms with Crippen molar-refractivity contribution in [2.75, 3.05) is 0 Å². The van der Waals surface area contributed by atoms with Gasteiger partial charge in [0.05, 0.1) is 0 Å². The minimum atomic E-state index is -0.106. The Bertz CT molecular complexity index is 39.0. The van der Waals surface area contributed by atoms with Crippen LogP contribution in [0.25, 0.3) is 0 Å². The molecule has 68 valence electrons. The van der Waals surface area contributed by atoms with Crippen molar-refractivity contribution in [2.24, 2.45) is 0 Å². The monoisotopic (exact) mass is 334 g/mol. The zero-order chi connectivity index (χ0) is 8.24. The molecule has 0 heterocycles. The Morgan fingerprint density at radius 2 is 1.50 bits per heavy atom. The summed E-state index contributed by atoms with van der Waals surface area (Å²) in [5.41, 5.74) is 0. The molecule has 0 aromatic carbocycles. The quantitative estimate of drug-likeness (QED) is 0.470. The predicted molar refractivity (Wildman–Crippen MR) is 44.2 cm³/mol. The summed E-state index contributed by atoms with van der Waals surface area (Å²) in [5.74, 6) is 0. The molecular weight excluding hydrogens is 324 g/mol. The Morgan fingerprint density at radius 1 is 1.20 bits per heavy atom. The van der Waals surface area contributed by atoms with E-state index in [0.717, 1.165) is 0 Å². The molecule has 1 radical (unpaired) electrons. The maximum atomic E-state index is 4.81. The molecule has 0 amide bonds. The van der Waals surface area contributed by atoms with Gasteiger partial charge in [0, 0.05) is 0 Å². The summed E-state index contributed by atoms with van der Waals surface area (Å²) in [7, 11) is 11.8. The van der Waals surface area contributed by atoms with Crippen LogP contribution in [-0.4, -0.2) is 0 Å². The van der Waals surface area contributed by atoms with Gasteiger partial charge in [-0.25, -0.2) is 0 Å². The summed E-state index contributed by atoms with van der Waals surface area (Å²) < 4.78 is 0. The van der Waals surface area contributed by atoms with Crippen LogP contribution in [0.15, 0.2) is 0 Å². The first-order chi connectivity index (χ1) is 4.91. The SMILES string of the molecule is [CH]1CCCC1.[Cl][Pd][Cl].[PH2][Fe]. The van der Waals surface area contributed by atoms with Crippen molar-refractivity contribution < 1.29 is 31.5 Å². The third-order valence-corrected chi connectivity index (χ3v) is 1.07. The molecule has 1 rings (SSSR count). The summed E-state index contributed by atoms with van der Waals surface area (Å²) in [5, 5.41) is 0. The molecule has 1 unspecified atom stereocenters. The van der Waals surface area contributed by atoms with Gasteiger partial charge in [-0.2, -0.15) is 0 Å². The van der Waals surface area contributed by atoms with Crippen molar-refractivity contribution in [1.82, 2.24) is 0 Å². The van der Waals surface area contributed by atoms with Crippen LogP contribution < -0.4 is 0 Å². The Morgan fingerprint density at radius 3 is 1.60 bits per heavy atom. The molecular formula is C5H11Cl2FePPd. The summed E-state index contributed by atoms with van der Waals surface area (Å²) in [6, 6.07) is 0. The number of halogens is 2. The second-order valence-corrected chi connectivity index (χ2v) is 3.98.